The van der Waals surface area contributed by atoms with Crippen molar-refractivity contribution in [2.24, 2.45) is 5.73 Å². The average molecular weight is 260 g/mol. The van der Waals surface area contributed by atoms with Crippen molar-refractivity contribution >= 4 is 5.91 Å². The molecule has 0 unspecified atom stereocenters. The van der Waals surface area contributed by atoms with Gasteiger partial charge in [0.1, 0.15) is 0 Å². The van der Waals surface area contributed by atoms with Gasteiger partial charge in [-0.05, 0) is 56.2 Å². The molecule has 3 N–H and O–H groups in total. The SMILES string of the molecule is CC(C)(N)CC(=O)NCCc1ccc2c(c1)CCC2. The molecule has 0 radical (unpaired) electrons. The summed E-state index contributed by atoms with van der Waals surface area (Å²) in [4.78, 5) is 11.6. The summed E-state index contributed by atoms with van der Waals surface area (Å²) in [5, 5.41) is 2.94. The molecular weight excluding hydrogens is 236 g/mol. The Bertz CT molecular complexity index is 460. The van der Waals surface area contributed by atoms with Gasteiger partial charge in [0.05, 0.1) is 0 Å². The molecule has 1 aliphatic rings. The summed E-state index contributed by atoms with van der Waals surface area (Å²) in [7, 11) is 0. The van der Waals surface area contributed by atoms with Crippen molar-refractivity contribution in [1.29, 1.82) is 0 Å². The topological polar surface area (TPSA) is 55.1 Å². The molecule has 1 aromatic rings. The highest BCUT2D eigenvalue weighted by molar-refractivity contribution is 5.77. The third kappa shape index (κ3) is 4.35. The van der Waals surface area contributed by atoms with Crippen LogP contribution in [0.4, 0.5) is 0 Å². The van der Waals surface area contributed by atoms with E-state index in [1.165, 1.54) is 36.0 Å². The maximum absolute atomic E-state index is 11.6. The minimum atomic E-state index is -0.433. The first-order valence-electron chi connectivity index (χ1n) is 7.10. The highest BCUT2D eigenvalue weighted by Crippen LogP contribution is 2.22. The summed E-state index contributed by atoms with van der Waals surface area (Å²) in [6.07, 6.45) is 4.97. The van der Waals surface area contributed by atoms with Gasteiger partial charge >= 0.3 is 0 Å². The van der Waals surface area contributed by atoms with E-state index in [0.29, 0.717) is 13.0 Å². The number of fused-ring (bicyclic) bond motifs is 1. The van der Waals surface area contributed by atoms with Crippen LogP contribution in [0.25, 0.3) is 0 Å². The van der Waals surface area contributed by atoms with Gasteiger partial charge in [-0.3, -0.25) is 4.79 Å². The monoisotopic (exact) mass is 260 g/mol. The number of hydrogen-bond donors (Lipinski definition) is 2. The van der Waals surface area contributed by atoms with Crippen LogP contribution in [-0.4, -0.2) is 18.0 Å². The molecule has 0 saturated carbocycles. The molecule has 1 aromatic carbocycles. The van der Waals surface area contributed by atoms with Gasteiger partial charge in [0.15, 0.2) is 0 Å². The third-order valence-electron chi connectivity index (χ3n) is 3.51. The molecule has 2 rings (SSSR count). The maximum atomic E-state index is 11.6. The first kappa shape index (κ1) is 14.1. The van der Waals surface area contributed by atoms with E-state index in [9.17, 15) is 4.79 Å². The summed E-state index contributed by atoms with van der Waals surface area (Å²) in [5.74, 6) is 0.0358. The van der Waals surface area contributed by atoms with E-state index in [-0.39, 0.29) is 5.91 Å². The van der Waals surface area contributed by atoms with Crippen molar-refractivity contribution in [2.75, 3.05) is 6.54 Å². The second-order valence-corrected chi connectivity index (χ2v) is 6.22. The number of amides is 1. The predicted molar refractivity (Wildman–Crippen MR) is 78.1 cm³/mol. The lowest BCUT2D eigenvalue weighted by Crippen LogP contribution is -2.39. The van der Waals surface area contributed by atoms with Gasteiger partial charge in [-0.2, -0.15) is 0 Å². The van der Waals surface area contributed by atoms with Crippen molar-refractivity contribution in [3.63, 3.8) is 0 Å². The van der Waals surface area contributed by atoms with E-state index in [1.54, 1.807) is 0 Å². The lowest BCUT2D eigenvalue weighted by molar-refractivity contribution is -0.121. The Morgan fingerprint density at radius 2 is 2.05 bits per heavy atom. The molecule has 0 aliphatic heterocycles. The standard InChI is InChI=1S/C16H24N2O/c1-16(2,17)11-15(19)18-9-8-12-6-7-13-4-3-5-14(13)10-12/h6-7,10H,3-5,8-9,11,17H2,1-2H3,(H,18,19). The van der Waals surface area contributed by atoms with Gasteiger partial charge in [0, 0.05) is 18.5 Å². The smallest absolute Gasteiger partial charge is 0.221 e. The van der Waals surface area contributed by atoms with Crippen LogP contribution in [0.3, 0.4) is 0 Å². The summed E-state index contributed by atoms with van der Waals surface area (Å²) >= 11 is 0. The predicted octanol–water partition coefficient (Wildman–Crippen LogP) is 1.96. The number of carbonyl (C=O) groups is 1. The number of carbonyl (C=O) groups excluding carboxylic acids is 1. The van der Waals surface area contributed by atoms with E-state index in [2.05, 4.69) is 23.5 Å². The zero-order chi connectivity index (χ0) is 13.9. The van der Waals surface area contributed by atoms with Crippen LogP contribution in [0.2, 0.25) is 0 Å². The fraction of sp³-hybridized carbons (Fsp3) is 0.562. The Morgan fingerprint density at radius 1 is 1.32 bits per heavy atom. The number of benzene rings is 1. The van der Waals surface area contributed by atoms with Gasteiger partial charge in [0.25, 0.3) is 0 Å². The Kier molecular flexibility index (Phi) is 4.25. The molecule has 104 valence electrons. The molecule has 0 saturated heterocycles. The van der Waals surface area contributed by atoms with Crippen LogP contribution in [0, 0.1) is 0 Å². The van der Waals surface area contributed by atoms with Crippen molar-refractivity contribution in [3.05, 3.63) is 34.9 Å². The number of aryl methyl sites for hydroxylation is 2. The first-order valence-corrected chi connectivity index (χ1v) is 7.10. The largest absolute Gasteiger partial charge is 0.356 e. The van der Waals surface area contributed by atoms with Gasteiger partial charge in [-0.25, -0.2) is 0 Å². The zero-order valence-electron chi connectivity index (χ0n) is 12.0. The van der Waals surface area contributed by atoms with Crippen LogP contribution in [0.15, 0.2) is 18.2 Å². The number of rotatable bonds is 5. The van der Waals surface area contributed by atoms with Crippen molar-refractivity contribution in [3.8, 4) is 0 Å². The Morgan fingerprint density at radius 3 is 2.79 bits per heavy atom. The minimum Gasteiger partial charge on any atom is -0.356 e. The average Bonchev–Trinajstić information content (AvgIpc) is 2.73. The lowest BCUT2D eigenvalue weighted by atomic mass is 10.0. The van der Waals surface area contributed by atoms with E-state index in [0.717, 1.165) is 6.42 Å². The van der Waals surface area contributed by atoms with Crippen molar-refractivity contribution in [2.45, 2.75) is 51.5 Å². The molecule has 0 heterocycles. The number of nitrogens with one attached hydrogen (secondary N) is 1. The number of hydrogen-bond acceptors (Lipinski definition) is 2. The lowest BCUT2D eigenvalue weighted by Gasteiger charge is -2.17. The Labute approximate surface area is 115 Å². The Hall–Kier alpha value is -1.35. The van der Waals surface area contributed by atoms with Crippen LogP contribution in [-0.2, 0) is 24.1 Å². The van der Waals surface area contributed by atoms with Crippen LogP contribution in [0.5, 0.6) is 0 Å². The minimum absolute atomic E-state index is 0.0358. The molecular formula is C16H24N2O. The van der Waals surface area contributed by atoms with E-state index in [1.807, 2.05) is 13.8 Å². The van der Waals surface area contributed by atoms with Crippen LogP contribution < -0.4 is 11.1 Å². The second-order valence-electron chi connectivity index (χ2n) is 6.22. The quantitative estimate of drug-likeness (QED) is 0.850. The fourth-order valence-corrected chi connectivity index (χ4v) is 2.60. The summed E-state index contributed by atoms with van der Waals surface area (Å²) < 4.78 is 0. The van der Waals surface area contributed by atoms with Crippen molar-refractivity contribution < 1.29 is 4.79 Å². The highest BCUT2D eigenvalue weighted by Gasteiger charge is 2.16. The van der Waals surface area contributed by atoms with Gasteiger partial charge in [-0.1, -0.05) is 18.2 Å². The normalized spacial score (nSPS) is 14.3. The molecule has 0 fully saturated rings. The van der Waals surface area contributed by atoms with Gasteiger partial charge in [-0.15, -0.1) is 0 Å². The molecule has 19 heavy (non-hydrogen) atoms. The van der Waals surface area contributed by atoms with E-state index < -0.39 is 5.54 Å². The molecule has 3 nitrogen and oxygen atoms in total. The molecule has 0 bridgehead atoms. The van der Waals surface area contributed by atoms with Crippen molar-refractivity contribution in [1.82, 2.24) is 5.32 Å². The first-order chi connectivity index (χ1) is 8.94. The molecule has 1 aliphatic carbocycles. The van der Waals surface area contributed by atoms with Gasteiger partial charge in [0.2, 0.25) is 5.91 Å². The zero-order valence-corrected chi connectivity index (χ0v) is 12.0. The van der Waals surface area contributed by atoms with E-state index >= 15 is 0 Å². The number of nitrogens with two attached hydrogens (primary N) is 1. The summed E-state index contributed by atoms with van der Waals surface area (Å²) in [6, 6.07) is 6.72. The third-order valence-corrected chi connectivity index (χ3v) is 3.51. The summed E-state index contributed by atoms with van der Waals surface area (Å²) in [5.41, 5.74) is 9.69. The molecule has 0 spiro atoms. The highest BCUT2D eigenvalue weighted by atomic mass is 16.1. The second kappa shape index (κ2) is 5.74. The molecule has 1 amide bonds. The molecule has 0 aromatic heterocycles. The maximum Gasteiger partial charge on any atom is 0.221 e. The van der Waals surface area contributed by atoms with Crippen LogP contribution in [0.1, 0.15) is 43.4 Å². The van der Waals surface area contributed by atoms with E-state index in [4.69, 9.17) is 5.73 Å². The summed E-state index contributed by atoms with van der Waals surface area (Å²) in [6.45, 7) is 4.42. The Balaban J connectivity index is 1.78. The molecule has 0 atom stereocenters. The molecule has 3 heteroatoms. The fourth-order valence-electron chi connectivity index (χ4n) is 2.60. The van der Waals surface area contributed by atoms with Gasteiger partial charge < -0.3 is 11.1 Å². The van der Waals surface area contributed by atoms with Crippen LogP contribution >= 0.6 is 0 Å².